The lowest BCUT2D eigenvalue weighted by Crippen LogP contribution is -2.51. The molecule has 1 spiro atoms. The lowest BCUT2D eigenvalue weighted by atomic mass is 9.75. The monoisotopic (exact) mass is 411 g/mol. The average molecular weight is 412 g/mol. The Bertz CT molecular complexity index is 783. The van der Waals surface area contributed by atoms with Gasteiger partial charge in [0.1, 0.15) is 12.1 Å². The molecule has 0 unspecified atom stereocenters. The Balaban J connectivity index is 1.45. The number of hydrogen-bond donors (Lipinski definition) is 1. The number of imide groups is 1. The molecule has 2 saturated carbocycles. The van der Waals surface area contributed by atoms with Gasteiger partial charge in [-0.25, -0.2) is 13.2 Å². The summed E-state index contributed by atoms with van der Waals surface area (Å²) >= 11 is 0. The third kappa shape index (κ3) is 3.53. The molecule has 8 nitrogen and oxygen atoms in total. The Hall–Kier alpha value is -1.64. The van der Waals surface area contributed by atoms with E-state index >= 15 is 0 Å². The summed E-state index contributed by atoms with van der Waals surface area (Å²) in [6, 6.07) is -0.789. The minimum atomic E-state index is -3.11. The first-order valence-electron chi connectivity index (χ1n) is 10.4. The number of nitrogens with zero attached hydrogens (tertiary/aromatic N) is 2. The first-order valence-corrected chi connectivity index (χ1v) is 12.2. The Morgan fingerprint density at radius 3 is 2.36 bits per heavy atom. The van der Waals surface area contributed by atoms with E-state index in [4.69, 9.17) is 0 Å². The minimum absolute atomic E-state index is 0.0161. The van der Waals surface area contributed by atoms with Crippen molar-refractivity contribution < 1.29 is 22.8 Å². The number of rotatable bonds is 5. The summed E-state index contributed by atoms with van der Waals surface area (Å²) < 4.78 is 23.7. The second kappa shape index (κ2) is 7.00. The van der Waals surface area contributed by atoms with Gasteiger partial charge in [-0.3, -0.25) is 14.5 Å². The van der Waals surface area contributed by atoms with Gasteiger partial charge in [0.2, 0.25) is 5.91 Å². The van der Waals surface area contributed by atoms with Crippen molar-refractivity contribution in [2.45, 2.75) is 75.9 Å². The van der Waals surface area contributed by atoms with E-state index in [1.807, 2.05) is 0 Å². The SMILES string of the molecule is CCC1CCC2(CC1)NC(=O)N(CC(=O)N(C1CC1)[C@@H]1CCS(=O)(=O)C1)C2=O. The van der Waals surface area contributed by atoms with E-state index in [2.05, 4.69) is 12.2 Å². The second-order valence-electron chi connectivity index (χ2n) is 8.84. The summed E-state index contributed by atoms with van der Waals surface area (Å²) in [6.07, 6.45) is 6.25. The zero-order chi connectivity index (χ0) is 20.1. The molecular formula is C19H29N3O5S. The average Bonchev–Trinajstić information content (AvgIpc) is 3.38. The van der Waals surface area contributed by atoms with E-state index in [1.165, 1.54) is 0 Å². The van der Waals surface area contributed by atoms with Crippen LogP contribution in [-0.2, 0) is 19.4 Å². The Labute approximate surface area is 165 Å². The van der Waals surface area contributed by atoms with Crippen molar-refractivity contribution >= 4 is 27.7 Å². The van der Waals surface area contributed by atoms with E-state index in [0.717, 1.165) is 37.0 Å². The Morgan fingerprint density at radius 1 is 1.14 bits per heavy atom. The molecule has 156 valence electrons. The number of carbonyl (C=O) groups excluding carboxylic acids is 3. The third-order valence-corrected chi connectivity index (χ3v) is 8.66. The van der Waals surface area contributed by atoms with Crippen LogP contribution in [0.25, 0.3) is 0 Å². The van der Waals surface area contributed by atoms with Crippen molar-refractivity contribution in [2.75, 3.05) is 18.1 Å². The van der Waals surface area contributed by atoms with E-state index in [9.17, 15) is 22.8 Å². The molecule has 0 aromatic carbocycles. The van der Waals surface area contributed by atoms with Crippen LogP contribution in [0, 0.1) is 5.92 Å². The normalized spacial score (nSPS) is 34.7. The molecule has 0 radical (unpaired) electrons. The highest BCUT2D eigenvalue weighted by molar-refractivity contribution is 7.91. The van der Waals surface area contributed by atoms with Crippen molar-refractivity contribution in [3.05, 3.63) is 0 Å². The predicted molar refractivity (Wildman–Crippen MR) is 102 cm³/mol. The van der Waals surface area contributed by atoms with E-state index in [-0.39, 0.29) is 41.9 Å². The van der Waals surface area contributed by atoms with Gasteiger partial charge in [-0.05, 0) is 50.9 Å². The summed E-state index contributed by atoms with van der Waals surface area (Å²) in [4.78, 5) is 41.2. The highest BCUT2D eigenvalue weighted by Crippen LogP contribution is 2.38. The van der Waals surface area contributed by atoms with Crippen molar-refractivity contribution in [1.82, 2.24) is 15.1 Å². The van der Waals surface area contributed by atoms with Crippen molar-refractivity contribution in [2.24, 2.45) is 5.92 Å². The molecule has 28 heavy (non-hydrogen) atoms. The standard InChI is InChI=1S/C19H29N3O5S/c1-2-13-5-8-19(9-6-13)17(24)21(18(25)20-19)11-16(23)22(14-3-4-14)15-7-10-28(26,27)12-15/h13-15H,2-12H2,1H3,(H,20,25)/t13?,15-,19?/m1/s1. The van der Waals surface area contributed by atoms with Crippen LogP contribution in [0.3, 0.4) is 0 Å². The number of carbonyl (C=O) groups is 3. The molecule has 2 heterocycles. The van der Waals surface area contributed by atoms with Gasteiger partial charge >= 0.3 is 6.03 Å². The molecule has 4 aliphatic rings. The molecule has 4 fully saturated rings. The molecular weight excluding hydrogens is 382 g/mol. The molecule has 2 aliphatic heterocycles. The van der Waals surface area contributed by atoms with Crippen LogP contribution in [0.2, 0.25) is 0 Å². The highest BCUT2D eigenvalue weighted by Gasteiger charge is 2.53. The van der Waals surface area contributed by atoms with Gasteiger partial charge in [0.25, 0.3) is 5.91 Å². The summed E-state index contributed by atoms with van der Waals surface area (Å²) in [7, 11) is -3.11. The maximum atomic E-state index is 13.0. The molecule has 4 amide bonds. The fourth-order valence-corrected chi connectivity index (χ4v) is 6.72. The largest absolute Gasteiger partial charge is 0.334 e. The number of nitrogens with one attached hydrogen (secondary N) is 1. The zero-order valence-electron chi connectivity index (χ0n) is 16.4. The van der Waals surface area contributed by atoms with E-state index < -0.39 is 21.4 Å². The zero-order valence-corrected chi connectivity index (χ0v) is 17.2. The number of hydrogen-bond acceptors (Lipinski definition) is 5. The van der Waals surface area contributed by atoms with Gasteiger partial charge < -0.3 is 10.2 Å². The lowest BCUT2D eigenvalue weighted by Gasteiger charge is -2.34. The van der Waals surface area contributed by atoms with Crippen LogP contribution in [0.15, 0.2) is 0 Å². The summed E-state index contributed by atoms with van der Waals surface area (Å²) in [5, 5.41) is 2.86. The van der Waals surface area contributed by atoms with Crippen LogP contribution in [0.5, 0.6) is 0 Å². The van der Waals surface area contributed by atoms with Crippen molar-refractivity contribution in [3.63, 3.8) is 0 Å². The summed E-state index contributed by atoms with van der Waals surface area (Å²) in [6.45, 7) is 1.84. The first-order chi connectivity index (χ1) is 13.2. The third-order valence-electron chi connectivity index (χ3n) is 6.91. The van der Waals surface area contributed by atoms with E-state index in [0.29, 0.717) is 25.2 Å². The van der Waals surface area contributed by atoms with Crippen molar-refractivity contribution in [3.8, 4) is 0 Å². The molecule has 1 atom stereocenters. The predicted octanol–water partition coefficient (Wildman–Crippen LogP) is 1.06. The molecule has 9 heteroatoms. The first kappa shape index (κ1) is 19.7. The molecule has 1 N–H and O–H groups in total. The molecule has 4 rings (SSSR count). The molecule has 2 aliphatic carbocycles. The maximum Gasteiger partial charge on any atom is 0.325 e. The van der Waals surface area contributed by atoms with Gasteiger partial charge in [-0.1, -0.05) is 13.3 Å². The second-order valence-corrected chi connectivity index (χ2v) is 11.1. The van der Waals surface area contributed by atoms with Gasteiger partial charge in [-0.15, -0.1) is 0 Å². The summed E-state index contributed by atoms with van der Waals surface area (Å²) in [5.74, 6) is 0.0553. The topological polar surface area (TPSA) is 104 Å². The van der Waals surface area contributed by atoms with Crippen LogP contribution in [0.4, 0.5) is 4.79 Å². The van der Waals surface area contributed by atoms with E-state index in [1.54, 1.807) is 4.90 Å². The summed E-state index contributed by atoms with van der Waals surface area (Å²) in [5.41, 5.74) is -0.857. The van der Waals surface area contributed by atoms with Gasteiger partial charge in [-0.2, -0.15) is 0 Å². The van der Waals surface area contributed by atoms with Gasteiger partial charge in [0, 0.05) is 12.1 Å². The molecule has 0 bridgehead atoms. The van der Waals surface area contributed by atoms with Crippen LogP contribution < -0.4 is 5.32 Å². The lowest BCUT2D eigenvalue weighted by molar-refractivity contribution is -0.141. The minimum Gasteiger partial charge on any atom is -0.334 e. The molecule has 2 saturated heterocycles. The van der Waals surface area contributed by atoms with Gasteiger partial charge in [0.05, 0.1) is 11.5 Å². The number of sulfone groups is 1. The quantitative estimate of drug-likeness (QED) is 0.681. The van der Waals surface area contributed by atoms with Crippen LogP contribution in [0.1, 0.15) is 58.3 Å². The van der Waals surface area contributed by atoms with Gasteiger partial charge in [0.15, 0.2) is 9.84 Å². The number of urea groups is 1. The smallest absolute Gasteiger partial charge is 0.325 e. The Morgan fingerprint density at radius 2 is 1.82 bits per heavy atom. The van der Waals surface area contributed by atoms with Crippen molar-refractivity contribution in [1.29, 1.82) is 0 Å². The van der Waals surface area contributed by atoms with Crippen LogP contribution in [-0.4, -0.2) is 71.7 Å². The number of amides is 4. The highest BCUT2D eigenvalue weighted by atomic mass is 32.2. The Kier molecular flexibility index (Phi) is 4.92. The van der Waals surface area contributed by atoms with Crippen LogP contribution >= 0.6 is 0 Å². The fraction of sp³-hybridized carbons (Fsp3) is 0.842. The molecule has 0 aromatic rings. The fourth-order valence-electron chi connectivity index (χ4n) is 5.01. The molecule has 0 aromatic heterocycles. The maximum absolute atomic E-state index is 13.0.